The van der Waals surface area contributed by atoms with Crippen LogP contribution < -0.4 is 15.0 Å². The second-order valence-corrected chi connectivity index (χ2v) is 6.14. The molecule has 0 radical (unpaired) electrons. The molecule has 0 aromatic heterocycles. The van der Waals surface area contributed by atoms with Crippen LogP contribution >= 0.6 is 0 Å². The number of anilines is 1. The molecule has 1 amide bonds. The number of nitro benzene ring substituents is 1. The van der Waals surface area contributed by atoms with Crippen molar-refractivity contribution in [2.45, 2.75) is 26.4 Å². The molecule has 2 N–H and O–H groups in total. The number of quaternary nitrogens is 1. The molecule has 0 fully saturated rings. The van der Waals surface area contributed by atoms with Gasteiger partial charge in [-0.15, -0.1) is 0 Å². The molecule has 0 saturated carbocycles. The van der Waals surface area contributed by atoms with Gasteiger partial charge in [0.2, 0.25) is 0 Å². The van der Waals surface area contributed by atoms with Crippen LogP contribution in [-0.2, 0) is 11.3 Å². The van der Waals surface area contributed by atoms with E-state index in [1.807, 2.05) is 6.92 Å². The minimum Gasteiger partial charge on any atom is -0.494 e. The maximum atomic E-state index is 13.9. The molecule has 1 unspecified atom stereocenters. The molecule has 2 aromatic carbocycles. The van der Waals surface area contributed by atoms with Gasteiger partial charge in [-0.05, 0) is 38.1 Å². The lowest BCUT2D eigenvalue weighted by Gasteiger charge is -2.24. The van der Waals surface area contributed by atoms with Gasteiger partial charge in [0.05, 0.1) is 18.6 Å². The highest BCUT2D eigenvalue weighted by Gasteiger charge is 2.26. The summed E-state index contributed by atoms with van der Waals surface area (Å²) in [6.45, 7) is 4.72. The maximum Gasteiger partial charge on any atom is 0.292 e. The molecule has 0 aliphatic rings. The molecule has 0 heterocycles. The van der Waals surface area contributed by atoms with E-state index in [2.05, 4.69) is 5.32 Å². The van der Waals surface area contributed by atoms with Crippen LogP contribution in [0.1, 0.15) is 19.4 Å². The first-order chi connectivity index (χ1) is 12.9. The zero-order chi connectivity index (χ0) is 20.0. The number of methoxy groups -OCH3 is 1. The third kappa shape index (κ3) is 5.01. The number of nitro groups is 1. The summed E-state index contributed by atoms with van der Waals surface area (Å²) in [4.78, 5) is 24.1. The SMILES string of the molecule is CC[NH+](Cc1ccc(OC)c(F)c1)[C@H](C)C(=O)Nc1ccccc1[N+](=O)[O-]. The number of hydrogen-bond donors (Lipinski definition) is 2. The molecular weight excluding hydrogens is 353 g/mol. The van der Waals surface area contributed by atoms with Gasteiger partial charge in [-0.2, -0.15) is 0 Å². The van der Waals surface area contributed by atoms with Crippen LogP contribution in [0.25, 0.3) is 0 Å². The molecule has 0 aliphatic heterocycles. The summed E-state index contributed by atoms with van der Waals surface area (Å²) in [5, 5.41) is 13.7. The van der Waals surface area contributed by atoms with E-state index < -0.39 is 16.8 Å². The van der Waals surface area contributed by atoms with Crippen LogP contribution in [0.4, 0.5) is 15.8 Å². The zero-order valence-electron chi connectivity index (χ0n) is 15.5. The van der Waals surface area contributed by atoms with Gasteiger partial charge in [-0.3, -0.25) is 14.9 Å². The number of hydrogen-bond acceptors (Lipinski definition) is 4. The largest absolute Gasteiger partial charge is 0.494 e. The van der Waals surface area contributed by atoms with Gasteiger partial charge < -0.3 is 15.0 Å². The molecule has 2 atom stereocenters. The second-order valence-electron chi connectivity index (χ2n) is 6.14. The number of benzene rings is 2. The summed E-state index contributed by atoms with van der Waals surface area (Å²) in [6, 6.07) is 10.2. The van der Waals surface area contributed by atoms with Crippen LogP contribution in [0.5, 0.6) is 5.75 Å². The van der Waals surface area contributed by atoms with Crippen molar-refractivity contribution in [2.24, 2.45) is 0 Å². The smallest absolute Gasteiger partial charge is 0.292 e. The molecule has 0 aliphatic carbocycles. The fourth-order valence-electron chi connectivity index (χ4n) is 2.83. The first-order valence-corrected chi connectivity index (χ1v) is 8.58. The van der Waals surface area contributed by atoms with Crippen molar-refractivity contribution in [3.05, 3.63) is 64.0 Å². The Bertz CT molecular complexity index is 828. The molecule has 2 aromatic rings. The maximum absolute atomic E-state index is 13.9. The monoisotopic (exact) mass is 376 g/mol. The molecular formula is C19H23FN3O4+. The van der Waals surface area contributed by atoms with Gasteiger partial charge in [0, 0.05) is 11.6 Å². The van der Waals surface area contributed by atoms with E-state index in [9.17, 15) is 19.3 Å². The Hall–Kier alpha value is -3.00. The first kappa shape index (κ1) is 20.3. The van der Waals surface area contributed by atoms with E-state index in [0.717, 1.165) is 10.5 Å². The fraction of sp³-hybridized carbons (Fsp3) is 0.316. The Morgan fingerprint density at radius 2 is 2.04 bits per heavy atom. The summed E-state index contributed by atoms with van der Waals surface area (Å²) in [5.41, 5.74) is 0.731. The van der Waals surface area contributed by atoms with Gasteiger partial charge >= 0.3 is 0 Å². The lowest BCUT2D eigenvalue weighted by molar-refractivity contribution is -0.925. The van der Waals surface area contributed by atoms with Gasteiger partial charge in [-0.25, -0.2) is 4.39 Å². The number of carbonyl (C=O) groups excluding carboxylic acids is 1. The predicted molar refractivity (Wildman–Crippen MR) is 99.3 cm³/mol. The van der Waals surface area contributed by atoms with E-state index in [1.54, 1.807) is 31.2 Å². The van der Waals surface area contributed by atoms with E-state index in [1.165, 1.54) is 25.3 Å². The summed E-state index contributed by atoms with van der Waals surface area (Å²) >= 11 is 0. The van der Waals surface area contributed by atoms with Crippen molar-refractivity contribution in [2.75, 3.05) is 19.0 Å². The van der Waals surface area contributed by atoms with Gasteiger partial charge in [-0.1, -0.05) is 12.1 Å². The van der Waals surface area contributed by atoms with Crippen LogP contribution in [-0.4, -0.2) is 30.5 Å². The highest BCUT2D eigenvalue weighted by Crippen LogP contribution is 2.23. The number of nitrogens with one attached hydrogen (secondary N) is 2. The van der Waals surface area contributed by atoms with Crippen LogP contribution in [0.15, 0.2) is 42.5 Å². The lowest BCUT2D eigenvalue weighted by Crippen LogP contribution is -3.15. The molecule has 0 spiro atoms. The van der Waals surface area contributed by atoms with Crippen LogP contribution in [0.2, 0.25) is 0 Å². The molecule has 144 valence electrons. The standard InChI is InChI=1S/C19H22FN3O4/c1-4-22(12-14-9-10-18(27-3)15(20)11-14)13(2)19(24)21-16-7-5-6-8-17(16)23(25)26/h5-11,13H,4,12H2,1-3H3,(H,21,24)/p+1/t13-/m1/s1. The number of halogens is 1. The molecule has 2 rings (SSSR count). The molecule has 0 saturated heterocycles. The van der Waals surface area contributed by atoms with Crippen molar-refractivity contribution in [3.63, 3.8) is 0 Å². The Kier molecular flexibility index (Phi) is 6.84. The predicted octanol–water partition coefficient (Wildman–Crippen LogP) is 2.17. The summed E-state index contributed by atoms with van der Waals surface area (Å²) in [5.74, 6) is -0.628. The van der Waals surface area contributed by atoms with E-state index in [4.69, 9.17) is 4.74 Å². The van der Waals surface area contributed by atoms with E-state index in [-0.39, 0.29) is 23.0 Å². The van der Waals surface area contributed by atoms with Gasteiger partial charge in [0.25, 0.3) is 11.6 Å². The lowest BCUT2D eigenvalue weighted by atomic mass is 10.1. The molecule has 0 bridgehead atoms. The Labute approximate surface area is 156 Å². The van der Waals surface area contributed by atoms with Gasteiger partial charge in [0.1, 0.15) is 12.2 Å². The fourth-order valence-corrected chi connectivity index (χ4v) is 2.83. The molecule has 8 heteroatoms. The van der Waals surface area contributed by atoms with Crippen molar-refractivity contribution in [1.29, 1.82) is 0 Å². The van der Waals surface area contributed by atoms with Crippen LogP contribution in [0.3, 0.4) is 0 Å². The molecule has 7 nitrogen and oxygen atoms in total. The Balaban J connectivity index is 2.12. The summed E-state index contributed by atoms with van der Waals surface area (Å²) in [6.07, 6.45) is 0. The highest BCUT2D eigenvalue weighted by atomic mass is 19.1. The first-order valence-electron chi connectivity index (χ1n) is 8.58. The minimum absolute atomic E-state index is 0.158. The molecule has 27 heavy (non-hydrogen) atoms. The van der Waals surface area contributed by atoms with Crippen molar-refractivity contribution in [1.82, 2.24) is 0 Å². The Morgan fingerprint density at radius 1 is 1.33 bits per heavy atom. The average molecular weight is 376 g/mol. The number of carbonyl (C=O) groups is 1. The van der Waals surface area contributed by atoms with Crippen molar-refractivity contribution < 1.29 is 23.7 Å². The van der Waals surface area contributed by atoms with Crippen molar-refractivity contribution >= 4 is 17.3 Å². The van der Waals surface area contributed by atoms with Crippen molar-refractivity contribution in [3.8, 4) is 5.75 Å². The van der Waals surface area contributed by atoms with E-state index in [0.29, 0.717) is 13.1 Å². The number of para-hydroxylation sites is 2. The van der Waals surface area contributed by atoms with Crippen LogP contribution in [0, 0.1) is 15.9 Å². The topological polar surface area (TPSA) is 85.9 Å². The number of ether oxygens (including phenoxy) is 1. The number of likely N-dealkylation sites (N-methyl/N-ethyl adjacent to an activating group) is 1. The third-order valence-corrected chi connectivity index (χ3v) is 4.47. The second kappa shape index (κ2) is 9.09. The third-order valence-electron chi connectivity index (χ3n) is 4.47. The summed E-state index contributed by atoms with van der Waals surface area (Å²) < 4.78 is 18.8. The summed E-state index contributed by atoms with van der Waals surface area (Å²) in [7, 11) is 1.40. The zero-order valence-corrected chi connectivity index (χ0v) is 15.5. The number of amides is 1. The quantitative estimate of drug-likeness (QED) is 0.546. The average Bonchev–Trinajstić information content (AvgIpc) is 2.65. The van der Waals surface area contributed by atoms with E-state index >= 15 is 0 Å². The highest BCUT2D eigenvalue weighted by molar-refractivity contribution is 5.95. The Morgan fingerprint density at radius 3 is 2.63 bits per heavy atom. The number of rotatable bonds is 8. The minimum atomic E-state index is -0.537. The normalized spacial score (nSPS) is 12.9. The van der Waals surface area contributed by atoms with Gasteiger partial charge in [0.15, 0.2) is 17.6 Å². The number of nitrogens with zero attached hydrogens (tertiary/aromatic N) is 1.